The molecule has 0 bridgehead atoms. The maximum Gasteiger partial charge on any atom is 0.314 e. The summed E-state index contributed by atoms with van der Waals surface area (Å²) in [6, 6.07) is 1.78. The third-order valence-electron chi connectivity index (χ3n) is 3.22. The van der Waals surface area contributed by atoms with Crippen LogP contribution in [-0.2, 0) is 15.0 Å². The molecule has 1 aliphatic carbocycles. The van der Waals surface area contributed by atoms with Gasteiger partial charge in [-0.15, -0.1) is 0 Å². The van der Waals surface area contributed by atoms with Crippen molar-refractivity contribution in [3.63, 3.8) is 0 Å². The minimum absolute atomic E-state index is 0.169. The van der Waals surface area contributed by atoms with E-state index >= 15 is 0 Å². The van der Waals surface area contributed by atoms with Crippen LogP contribution in [0.2, 0.25) is 0 Å². The molecule has 1 aliphatic rings. The summed E-state index contributed by atoms with van der Waals surface area (Å²) in [7, 11) is 0. The van der Waals surface area contributed by atoms with Crippen LogP contribution >= 0.6 is 0 Å². The lowest BCUT2D eigenvalue weighted by Crippen LogP contribution is -2.39. The zero-order chi connectivity index (χ0) is 10.9. The number of carboxylic acid groups (broad SMARTS) is 1. The predicted molar refractivity (Wildman–Crippen MR) is 53.6 cm³/mol. The summed E-state index contributed by atoms with van der Waals surface area (Å²) in [4.78, 5) is 25.4. The van der Waals surface area contributed by atoms with Crippen LogP contribution in [-0.4, -0.2) is 21.8 Å². The van der Waals surface area contributed by atoms with Gasteiger partial charge >= 0.3 is 5.97 Å². The Kier molecular flexibility index (Phi) is 2.34. The minimum atomic E-state index is -0.853. The van der Waals surface area contributed by atoms with Crippen LogP contribution in [0.15, 0.2) is 18.5 Å². The van der Waals surface area contributed by atoms with E-state index < -0.39 is 11.4 Å². The van der Waals surface area contributed by atoms with Crippen molar-refractivity contribution in [3.05, 3.63) is 24.0 Å². The van der Waals surface area contributed by atoms with Gasteiger partial charge in [-0.05, 0) is 24.5 Å². The Hall–Kier alpha value is -1.58. The maximum atomic E-state index is 11.4. The molecule has 4 nitrogen and oxygen atoms in total. The summed E-state index contributed by atoms with van der Waals surface area (Å²) in [5.74, 6) is -0.656. The molecule has 1 saturated carbocycles. The first-order valence-corrected chi connectivity index (χ1v) is 5.03. The van der Waals surface area contributed by atoms with Crippen molar-refractivity contribution >= 4 is 11.8 Å². The summed E-state index contributed by atoms with van der Waals surface area (Å²) >= 11 is 0. The standard InChI is InChI=1S/C11H13NO3/c13-9-1-4-11(5-2-9,10(14)15)8-3-6-12-7-8/h3,6-7,12H,1-2,4-5H2,(H,14,15). The molecule has 80 valence electrons. The van der Waals surface area contributed by atoms with Gasteiger partial charge in [0.1, 0.15) is 5.78 Å². The van der Waals surface area contributed by atoms with Gasteiger partial charge in [-0.1, -0.05) is 0 Å². The van der Waals surface area contributed by atoms with Crippen molar-refractivity contribution in [2.75, 3.05) is 0 Å². The number of rotatable bonds is 2. The van der Waals surface area contributed by atoms with Gasteiger partial charge in [-0.25, -0.2) is 0 Å². The quantitative estimate of drug-likeness (QED) is 0.771. The lowest BCUT2D eigenvalue weighted by molar-refractivity contribution is -0.146. The lowest BCUT2D eigenvalue weighted by Gasteiger charge is -2.31. The molecular formula is C11H13NO3. The number of hydrogen-bond acceptors (Lipinski definition) is 2. The summed E-state index contributed by atoms with van der Waals surface area (Å²) in [5.41, 5.74) is -0.0732. The predicted octanol–water partition coefficient (Wildman–Crippen LogP) is 1.48. The van der Waals surface area contributed by atoms with Crippen LogP contribution < -0.4 is 0 Å². The smallest absolute Gasteiger partial charge is 0.314 e. The van der Waals surface area contributed by atoms with Gasteiger partial charge in [-0.2, -0.15) is 0 Å². The largest absolute Gasteiger partial charge is 0.481 e. The molecule has 0 radical (unpaired) electrons. The highest BCUT2D eigenvalue weighted by molar-refractivity contribution is 5.87. The molecule has 0 unspecified atom stereocenters. The zero-order valence-corrected chi connectivity index (χ0v) is 8.32. The number of nitrogens with one attached hydrogen (secondary N) is 1. The molecule has 0 saturated heterocycles. The van der Waals surface area contributed by atoms with E-state index in [9.17, 15) is 14.7 Å². The highest BCUT2D eigenvalue weighted by Gasteiger charge is 2.43. The summed E-state index contributed by atoms with van der Waals surface area (Å²) in [6.45, 7) is 0. The molecular weight excluding hydrogens is 194 g/mol. The molecule has 0 aliphatic heterocycles. The normalized spacial score (nSPS) is 20.1. The van der Waals surface area contributed by atoms with Crippen molar-refractivity contribution in [2.24, 2.45) is 0 Å². The summed E-state index contributed by atoms with van der Waals surface area (Å²) in [6.07, 6.45) is 5.01. The SMILES string of the molecule is O=C1CCC(C(=O)O)(c2cc[nH]c2)CC1. The molecule has 0 aromatic carbocycles. The Morgan fingerprint density at radius 1 is 1.40 bits per heavy atom. The van der Waals surface area contributed by atoms with Crippen LogP contribution in [0.4, 0.5) is 0 Å². The first-order chi connectivity index (χ1) is 7.15. The van der Waals surface area contributed by atoms with Crippen molar-refractivity contribution in [2.45, 2.75) is 31.1 Å². The number of H-pyrrole nitrogens is 1. The van der Waals surface area contributed by atoms with Crippen LogP contribution in [0, 0.1) is 0 Å². The number of ketones is 1. The molecule has 0 amide bonds. The van der Waals surface area contributed by atoms with Gasteiger partial charge < -0.3 is 10.1 Å². The number of carbonyl (C=O) groups is 2. The van der Waals surface area contributed by atoms with Crippen LogP contribution in [0.3, 0.4) is 0 Å². The first kappa shape index (κ1) is 9.96. The summed E-state index contributed by atoms with van der Waals surface area (Å²) in [5, 5.41) is 9.32. The van der Waals surface area contributed by atoms with Crippen LogP contribution in [0.25, 0.3) is 0 Å². The topological polar surface area (TPSA) is 70.2 Å². The molecule has 15 heavy (non-hydrogen) atoms. The fraction of sp³-hybridized carbons (Fsp3) is 0.455. The molecule has 4 heteroatoms. The highest BCUT2D eigenvalue weighted by Crippen LogP contribution is 2.38. The Balaban J connectivity index is 2.34. The van der Waals surface area contributed by atoms with E-state index in [-0.39, 0.29) is 5.78 Å². The Bertz CT molecular complexity index is 371. The van der Waals surface area contributed by atoms with Gasteiger partial charge in [0.25, 0.3) is 0 Å². The number of carbonyl (C=O) groups excluding carboxylic acids is 1. The fourth-order valence-corrected chi connectivity index (χ4v) is 2.20. The zero-order valence-electron chi connectivity index (χ0n) is 8.32. The van der Waals surface area contributed by atoms with E-state index in [1.807, 2.05) is 0 Å². The number of hydrogen-bond donors (Lipinski definition) is 2. The van der Waals surface area contributed by atoms with Crippen molar-refractivity contribution in [1.82, 2.24) is 4.98 Å². The van der Waals surface area contributed by atoms with Gasteiger partial charge in [0.15, 0.2) is 0 Å². The van der Waals surface area contributed by atoms with Crippen molar-refractivity contribution < 1.29 is 14.7 Å². The second-order valence-electron chi connectivity index (χ2n) is 4.03. The Labute approximate surface area is 87.3 Å². The monoisotopic (exact) mass is 207 g/mol. The molecule has 0 atom stereocenters. The van der Waals surface area contributed by atoms with Gasteiger partial charge in [0, 0.05) is 25.2 Å². The average molecular weight is 207 g/mol. The van der Waals surface area contributed by atoms with E-state index in [0.29, 0.717) is 25.7 Å². The molecule has 2 N–H and O–H groups in total. The third kappa shape index (κ3) is 1.56. The van der Waals surface area contributed by atoms with E-state index in [4.69, 9.17) is 0 Å². The molecule has 2 rings (SSSR count). The number of Topliss-reactive ketones (excluding diaryl/α,β-unsaturated/α-hetero) is 1. The second-order valence-corrected chi connectivity index (χ2v) is 4.03. The number of carboxylic acids is 1. The van der Waals surface area contributed by atoms with E-state index in [1.54, 1.807) is 18.5 Å². The van der Waals surface area contributed by atoms with E-state index in [0.717, 1.165) is 5.56 Å². The Morgan fingerprint density at radius 2 is 2.07 bits per heavy atom. The average Bonchev–Trinajstić information content (AvgIpc) is 2.72. The van der Waals surface area contributed by atoms with E-state index in [2.05, 4.69) is 4.98 Å². The summed E-state index contributed by atoms with van der Waals surface area (Å²) < 4.78 is 0. The van der Waals surface area contributed by atoms with Crippen molar-refractivity contribution in [3.8, 4) is 0 Å². The van der Waals surface area contributed by atoms with Gasteiger partial charge in [0.05, 0.1) is 5.41 Å². The second kappa shape index (κ2) is 3.53. The first-order valence-electron chi connectivity index (χ1n) is 5.03. The Morgan fingerprint density at radius 3 is 2.53 bits per heavy atom. The highest BCUT2D eigenvalue weighted by atomic mass is 16.4. The number of aromatic nitrogens is 1. The number of aliphatic carboxylic acids is 1. The van der Waals surface area contributed by atoms with Gasteiger partial charge in [0.2, 0.25) is 0 Å². The van der Waals surface area contributed by atoms with Crippen LogP contribution in [0.5, 0.6) is 0 Å². The molecule has 1 aromatic heterocycles. The number of aromatic amines is 1. The van der Waals surface area contributed by atoms with Crippen LogP contribution in [0.1, 0.15) is 31.2 Å². The molecule has 1 fully saturated rings. The van der Waals surface area contributed by atoms with E-state index in [1.165, 1.54) is 0 Å². The molecule has 1 heterocycles. The van der Waals surface area contributed by atoms with Crippen molar-refractivity contribution in [1.29, 1.82) is 0 Å². The maximum absolute atomic E-state index is 11.4. The molecule has 0 spiro atoms. The molecule has 1 aromatic rings. The fourth-order valence-electron chi connectivity index (χ4n) is 2.20. The lowest BCUT2D eigenvalue weighted by atomic mass is 9.70. The van der Waals surface area contributed by atoms with Gasteiger partial charge in [-0.3, -0.25) is 9.59 Å². The minimum Gasteiger partial charge on any atom is -0.481 e. The third-order valence-corrected chi connectivity index (χ3v) is 3.22.